The van der Waals surface area contributed by atoms with Gasteiger partial charge in [0.25, 0.3) is 0 Å². The average Bonchev–Trinajstić information content (AvgIpc) is 3.15. The molecule has 0 amide bonds. The third kappa shape index (κ3) is 3.14. The van der Waals surface area contributed by atoms with Crippen LogP contribution in [-0.4, -0.2) is 28.1 Å². The number of nitrogens with zero attached hydrogens (tertiary/aromatic N) is 2. The van der Waals surface area contributed by atoms with Crippen LogP contribution in [-0.2, 0) is 0 Å². The van der Waals surface area contributed by atoms with Crippen molar-refractivity contribution in [3.8, 4) is 5.75 Å². The largest absolute Gasteiger partial charge is 0.505 e. The lowest BCUT2D eigenvalue weighted by molar-refractivity contribution is 0.276. The molecule has 2 heterocycles. The number of phenolic OH excluding ortho intramolecular Hbond substituents is 1. The van der Waals surface area contributed by atoms with Crippen molar-refractivity contribution in [3.63, 3.8) is 0 Å². The van der Waals surface area contributed by atoms with E-state index in [-0.39, 0.29) is 11.8 Å². The minimum Gasteiger partial charge on any atom is -0.505 e. The lowest BCUT2D eigenvalue weighted by Gasteiger charge is -2.30. The Morgan fingerprint density at radius 2 is 1.73 bits per heavy atom. The van der Waals surface area contributed by atoms with Crippen LogP contribution in [0, 0.1) is 0 Å². The predicted molar refractivity (Wildman–Crippen MR) is 108 cm³/mol. The molecule has 1 saturated heterocycles. The molecule has 3 aromatic rings. The van der Waals surface area contributed by atoms with E-state index in [4.69, 9.17) is 34.8 Å². The molecule has 2 aromatic carbocycles. The van der Waals surface area contributed by atoms with Gasteiger partial charge in [-0.1, -0.05) is 40.9 Å². The number of hydrogen-bond acceptors (Lipinski definition) is 3. The smallest absolute Gasteiger partial charge is 0.147 e. The van der Waals surface area contributed by atoms with Crippen molar-refractivity contribution in [2.75, 3.05) is 13.1 Å². The van der Waals surface area contributed by atoms with Crippen LogP contribution in [0.2, 0.25) is 15.1 Å². The zero-order valence-electron chi connectivity index (χ0n) is 13.9. The summed E-state index contributed by atoms with van der Waals surface area (Å²) in [5, 5.41) is 13.5. The minimum atomic E-state index is -0.203. The van der Waals surface area contributed by atoms with E-state index in [2.05, 4.69) is 9.88 Å². The number of aromatic hydroxyl groups is 1. The highest BCUT2D eigenvalue weighted by atomic mass is 35.5. The first-order valence-electron chi connectivity index (χ1n) is 8.51. The summed E-state index contributed by atoms with van der Waals surface area (Å²) >= 11 is 19.1. The molecule has 6 heteroatoms. The van der Waals surface area contributed by atoms with Crippen molar-refractivity contribution in [2.24, 2.45) is 0 Å². The summed E-state index contributed by atoms with van der Waals surface area (Å²) in [5.74, 6) is 0.146. The zero-order valence-corrected chi connectivity index (χ0v) is 16.2. The van der Waals surface area contributed by atoms with Gasteiger partial charge in [0.15, 0.2) is 0 Å². The molecule has 0 spiro atoms. The summed E-state index contributed by atoms with van der Waals surface area (Å²) in [4.78, 5) is 6.65. The maximum Gasteiger partial charge on any atom is 0.147 e. The van der Waals surface area contributed by atoms with E-state index in [0.29, 0.717) is 26.1 Å². The summed E-state index contributed by atoms with van der Waals surface area (Å²) in [6.07, 6.45) is 3.88. The van der Waals surface area contributed by atoms with Crippen molar-refractivity contribution in [1.82, 2.24) is 9.88 Å². The van der Waals surface area contributed by atoms with Crippen LogP contribution in [0.3, 0.4) is 0 Å². The van der Waals surface area contributed by atoms with Crippen LogP contribution < -0.4 is 0 Å². The van der Waals surface area contributed by atoms with Gasteiger partial charge >= 0.3 is 0 Å². The molecule has 26 heavy (non-hydrogen) atoms. The topological polar surface area (TPSA) is 36.4 Å². The number of fused-ring (bicyclic) bond motifs is 1. The first kappa shape index (κ1) is 17.9. The first-order valence-corrected chi connectivity index (χ1v) is 9.64. The molecule has 0 radical (unpaired) electrons. The Morgan fingerprint density at radius 3 is 2.46 bits per heavy atom. The molecule has 1 fully saturated rings. The zero-order chi connectivity index (χ0) is 18.3. The Balaban J connectivity index is 1.95. The monoisotopic (exact) mass is 406 g/mol. The van der Waals surface area contributed by atoms with Crippen molar-refractivity contribution in [3.05, 3.63) is 68.8 Å². The van der Waals surface area contributed by atoms with Gasteiger partial charge in [-0.25, -0.2) is 0 Å². The van der Waals surface area contributed by atoms with Crippen LogP contribution in [0.15, 0.2) is 42.6 Å². The fourth-order valence-electron chi connectivity index (χ4n) is 3.70. The Labute approximate surface area is 167 Å². The molecule has 134 valence electrons. The van der Waals surface area contributed by atoms with Crippen LogP contribution in [0.5, 0.6) is 5.75 Å². The second-order valence-electron chi connectivity index (χ2n) is 6.51. The third-order valence-electron chi connectivity index (χ3n) is 4.90. The van der Waals surface area contributed by atoms with Gasteiger partial charge in [-0.3, -0.25) is 9.88 Å². The molecule has 1 aromatic heterocycles. The summed E-state index contributed by atoms with van der Waals surface area (Å²) in [6.45, 7) is 1.86. The van der Waals surface area contributed by atoms with E-state index >= 15 is 0 Å². The number of benzene rings is 2. The molecule has 0 aliphatic carbocycles. The van der Waals surface area contributed by atoms with Gasteiger partial charge in [-0.05, 0) is 61.8 Å². The Kier molecular flexibility index (Phi) is 4.98. The molecule has 3 nitrogen and oxygen atoms in total. The second kappa shape index (κ2) is 7.24. The third-order valence-corrected chi connectivity index (χ3v) is 5.78. The van der Waals surface area contributed by atoms with E-state index in [1.54, 1.807) is 18.3 Å². The number of pyridine rings is 1. The number of hydrogen-bond donors (Lipinski definition) is 1. The number of rotatable bonds is 3. The SMILES string of the molecule is Oc1c(C(c2ccc(Cl)cc2Cl)N2CCCC2)cc(Cl)c2cccnc12. The van der Waals surface area contributed by atoms with Crippen LogP contribution >= 0.6 is 34.8 Å². The van der Waals surface area contributed by atoms with E-state index < -0.39 is 0 Å². The fraction of sp³-hybridized carbons (Fsp3) is 0.250. The average molecular weight is 408 g/mol. The maximum absolute atomic E-state index is 11.0. The highest BCUT2D eigenvalue weighted by Gasteiger charge is 2.30. The second-order valence-corrected chi connectivity index (χ2v) is 7.76. The Morgan fingerprint density at radius 1 is 0.962 bits per heavy atom. The fourth-order valence-corrected chi connectivity index (χ4v) is 4.48. The van der Waals surface area contributed by atoms with E-state index in [1.807, 2.05) is 24.3 Å². The van der Waals surface area contributed by atoms with Crippen molar-refractivity contribution < 1.29 is 5.11 Å². The van der Waals surface area contributed by atoms with Crippen LogP contribution in [0.4, 0.5) is 0 Å². The van der Waals surface area contributed by atoms with E-state index in [0.717, 1.165) is 36.9 Å². The van der Waals surface area contributed by atoms with E-state index in [1.165, 1.54) is 0 Å². The lowest BCUT2D eigenvalue weighted by Crippen LogP contribution is -2.27. The molecular formula is C20H17Cl3N2O. The molecular weight excluding hydrogens is 391 g/mol. The maximum atomic E-state index is 11.0. The van der Waals surface area contributed by atoms with Gasteiger partial charge in [0.1, 0.15) is 11.3 Å². The highest BCUT2D eigenvalue weighted by molar-refractivity contribution is 6.36. The van der Waals surface area contributed by atoms with Crippen LogP contribution in [0.1, 0.15) is 30.0 Å². The molecule has 1 unspecified atom stereocenters. The molecule has 1 atom stereocenters. The first-order chi connectivity index (χ1) is 12.6. The molecule has 1 aliphatic heterocycles. The van der Waals surface area contributed by atoms with Crippen molar-refractivity contribution in [1.29, 1.82) is 0 Å². The summed E-state index contributed by atoms with van der Waals surface area (Å²) in [6, 6.07) is 10.8. The van der Waals surface area contributed by atoms with Gasteiger partial charge in [0.05, 0.1) is 11.1 Å². The lowest BCUT2D eigenvalue weighted by atomic mass is 9.95. The number of likely N-dealkylation sites (tertiary alicyclic amines) is 1. The van der Waals surface area contributed by atoms with Gasteiger partial charge in [-0.15, -0.1) is 0 Å². The highest BCUT2D eigenvalue weighted by Crippen LogP contribution is 2.43. The van der Waals surface area contributed by atoms with Crippen LogP contribution in [0.25, 0.3) is 10.9 Å². The predicted octanol–water partition coefficient (Wildman–Crippen LogP) is 6.09. The molecule has 0 bridgehead atoms. The Bertz CT molecular complexity index is 971. The summed E-state index contributed by atoms with van der Waals surface area (Å²) in [5.41, 5.74) is 2.12. The minimum absolute atomic E-state index is 0.146. The standard InChI is InChI=1S/C20H17Cl3N2O/c21-12-5-6-14(16(22)10-12)19(25-8-1-2-9-25)15-11-17(23)13-4-3-7-24-18(13)20(15)26/h3-7,10-11,19,26H,1-2,8-9H2. The normalized spacial score (nSPS) is 16.3. The van der Waals surface area contributed by atoms with Gasteiger partial charge in [0.2, 0.25) is 0 Å². The number of phenols is 1. The number of aromatic nitrogens is 1. The van der Waals surface area contributed by atoms with Gasteiger partial charge < -0.3 is 5.11 Å². The van der Waals surface area contributed by atoms with Crippen molar-refractivity contribution in [2.45, 2.75) is 18.9 Å². The molecule has 4 rings (SSSR count). The summed E-state index contributed by atoms with van der Waals surface area (Å²) in [7, 11) is 0. The van der Waals surface area contributed by atoms with Crippen molar-refractivity contribution >= 4 is 45.7 Å². The molecule has 1 aliphatic rings. The summed E-state index contributed by atoms with van der Waals surface area (Å²) < 4.78 is 0. The van der Waals surface area contributed by atoms with Gasteiger partial charge in [0, 0.05) is 27.2 Å². The van der Waals surface area contributed by atoms with E-state index in [9.17, 15) is 5.11 Å². The van der Waals surface area contributed by atoms with Gasteiger partial charge in [-0.2, -0.15) is 0 Å². The quantitative estimate of drug-likeness (QED) is 0.571. The Hall–Kier alpha value is -1.52. The number of halogens is 3. The molecule has 0 saturated carbocycles. The molecule has 1 N–H and O–H groups in total.